The van der Waals surface area contributed by atoms with Crippen molar-refractivity contribution in [1.82, 2.24) is 0 Å². The van der Waals surface area contributed by atoms with Gasteiger partial charge in [-0.25, -0.2) is 0 Å². The molecule has 0 aliphatic heterocycles. The van der Waals surface area contributed by atoms with Crippen LogP contribution in [0.3, 0.4) is 0 Å². The van der Waals surface area contributed by atoms with Crippen LogP contribution in [0.5, 0.6) is 11.5 Å². The van der Waals surface area contributed by atoms with Gasteiger partial charge in [-0.15, -0.1) is 0 Å². The number of hydrogen-bond donors (Lipinski definition) is 1. The van der Waals surface area contributed by atoms with Crippen molar-refractivity contribution in [3.05, 3.63) is 194 Å². The number of carbonyl (C=O) groups excluding carboxylic acids is 1. The predicted molar refractivity (Wildman–Crippen MR) is 192 cm³/mol. The van der Waals surface area contributed by atoms with Crippen molar-refractivity contribution in [2.45, 2.75) is 40.0 Å². The van der Waals surface area contributed by atoms with Gasteiger partial charge < -0.3 is 9.84 Å². The molecule has 0 radical (unpaired) electrons. The molecule has 0 saturated heterocycles. The van der Waals surface area contributed by atoms with Crippen LogP contribution in [0.4, 0.5) is 0 Å². The number of aromatic hydroxyl groups is 1. The zero-order chi connectivity index (χ0) is 33.1. The van der Waals surface area contributed by atoms with E-state index in [0.717, 1.165) is 5.56 Å². The van der Waals surface area contributed by atoms with E-state index in [9.17, 15) is 4.79 Å². The molecule has 0 bridgehead atoms. The second-order valence-electron chi connectivity index (χ2n) is 9.70. The number of aryl methyl sites for hydroxylation is 1. The van der Waals surface area contributed by atoms with Gasteiger partial charge in [0.05, 0.1) is 0 Å². The van der Waals surface area contributed by atoms with E-state index in [1.54, 1.807) is 36.4 Å². The summed E-state index contributed by atoms with van der Waals surface area (Å²) in [6, 6.07) is 48.2. The molecule has 5 aromatic carbocycles. The summed E-state index contributed by atoms with van der Waals surface area (Å²) in [5, 5.41) is 8.63. The molecule has 46 heavy (non-hydrogen) atoms. The second kappa shape index (κ2) is 26.0. The Kier molecular flexibility index (Phi) is 23.0. The fraction of sp³-hybridized carbons (Fsp3) is 0.143. The maximum atomic E-state index is 11.6. The van der Waals surface area contributed by atoms with Crippen molar-refractivity contribution in [3.8, 4) is 11.5 Å². The summed E-state index contributed by atoms with van der Waals surface area (Å²) in [6.45, 7) is 16.3. The summed E-state index contributed by atoms with van der Waals surface area (Å²) in [5.41, 5.74) is 4.89. The third-order valence-electron chi connectivity index (χ3n) is 6.27. The summed E-state index contributed by atoms with van der Waals surface area (Å²) in [4.78, 5) is 11.6. The van der Waals surface area contributed by atoms with Crippen molar-refractivity contribution >= 4 is 12.0 Å². The molecule has 0 heterocycles. The third kappa shape index (κ3) is 19.0. The molecule has 4 nitrogen and oxygen atoms in total. The average molecular weight is 615 g/mol. The van der Waals surface area contributed by atoms with Gasteiger partial charge in [0.15, 0.2) is 0 Å². The zero-order valence-electron chi connectivity index (χ0n) is 26.1. The van der Waals surface area contributed by atoms with E-state index in [-0.39, 0.29) is 13.4 Å². The Balaban J connectivity index is 0.000000606. The Morgan fingerprint density at radius 1 is 0.761 bits per heavy atom. The number of rotatable bonds is 7. The van der Waals surface area contributed by atoms with E-state index < -0.39 is 0 Å². The van der Waals surface area contributed by atoms with Crippen molar-refractivity contribution in [2.75, 3.05) is 0 Å². The number of hydrogen-bond acceptors (Lipinski definition) is 3. The SMILES string of the molecule is C.C=C(C)C(C)c1ccccc1.C=Cc1ccccc1.O=C(CCc1ccccc1)Oc1ccccc1.Oc1ccccc1.[C-]#[O+]. The van der Waals surface area contributed by atoms with Crippen LogP contribution < -0.4 is 4.74 Å². The minimum atomic E-state index is -0.194. The molecule has 0 spiro atoms. The molecule has 4 heteroatoms. The first-order chi connectivity index (χ1) is 21.9. The van der Waals surface area contributed by atoms with Gasteiger partial charge >= 0.3 is 17.3 Å². The number of phenolic OH excluding ortho intramolecular Hbond substituents is 1. The van der Waals surface area contributed by atoms with Crippen molar-refractivity contribution in [3.63, 3.8) is 0 Å². The Morgan fingerprint density at radius 3 is 1.57 bits per heavy atom. The molecule has 0 amide bonds. The minimum absolute atomic E-state index is 0. The number of esters is 1. The number of phenols is 1. The second-order valence-corrected chi connectivity index (χ2v) is 9.70. The predicted octanol–water partition coefficient (Wildman–Crippen LogP) is 10.9. The van der Waals surface area contributed by atoms with Crippen LogP contribution in [0.25, 0.3) is 6.08 Å². The first-order valence-corrected chi connectivity index (χ1v) is 14.5. The van der Waals surface area contributed by atoms with Crippen LogP contribution in [0.1, 0.15) is 50.3 Å². The van der Waals surface area contributed by atoms with Crippen molar-refractivity contribution in [1.29, 1.82) is 0 Å². The molecule has 1 atom stereocenters. The van der Waals surface area contributed by atoms with Crippen LogP contribution >= 0.6 is 0 Å². The Labute approximate surface area is 276 Å². The zero-order valence-corrected chi connectivity index (χ0v) is 26.1. The van der Waals surface area contributed by atoms with Crippen LogP contribution in [0, 0.1) is 6.65 Å². The third-order valence-corrected chi connectivity index (χ3v) is 6.27. The van der Waals surface area contributed by atoms with Gasteiger partial charge in [-0.05, 0) is 54.3 Å². The monoisotopic (exact) mass is 614 g/mol. The maximum absolute atomic E-state index is 11.6. The van der Waals surface area contributed by atoms with E-state index in [2.05, 4.69) is 57.9 Å². The molecule has 0 fully saturated rings. The molecule has 0 aromatic heterocycles. The van der Waals surface area contributed by atoms with Gasteiger partial charge in [0.1, 0.15) is 11.5 Å². The number of allylic oxidation sites excluding steroid dienone is 1. The Bertz CT molecular complexity index is 1480. The van der Waals surface area contributed by atoms with Gasteiger partial charge in [-0.1, -0.05) is 167 Å². The summed E-state index contributed by atoms with van der Waals surface area (Å²) in [5.74, 6) is 1.21. The molecule has 1 N–H and O–H groups in total. The quantitative estimate of drug-likeness (QED) is 0.0652. The van der Waals surface area contributed by atoms with Gasteiger partial charge in [0.2, 0.25) is 0 Å². The fourth-order valence-corrected chi connectivity index (χ4v) is 3.61. The average Bonchev–Trinajstić information content (AvgIpc) is 3.11. The van der Waals surface area contributed by atoms with Crippen LogP contribution in [0.15, 0.2) is 170 Å². The Hall–Kier alpha value is -5.41. The molecule has 5 rings (SSSR count). The first kappa shape index (κ1) is 40.6. The van der Waals surface area contributed by atoms with E-state index in [1.165, 1.54) is 16.7 Å². The Morgan fingerprint density at radius 2 is 1.17 bits per heavy atom. The first-order valence-electron chi connectivity index (χ1n) is 14.5. The number of para-hydroxylation sites is 2. The topological polar surface area (TPSA) is 66.4 Å². The molecule has 0 saturated carbocycles. The summed E-state index contributed by atoms with van der Waals surface area (Å²) in [6.07, 6.45) is 2.95. The molecule has 238 valence electrons. The summed E-state index contributed by atoms with van der Waals surface area (Å²) >= 11 is 0. The summed E-state index contributed by atoms with van der Waals surface area (Å²) in [7, 11) is 0. The van der Waals surface area contributed by atoms with Gasteiger partial charge in [0, 0.05) is 12.3 Å². The summed E-state index contributed by atoms with van der Waals surface area (Å²) < 4.78 is 12.7. The van der Waals surface area contributed by atoms with E-state index in [4.69, 9.17) is 14.5 Å². The molecule has 5 aromatic rings. The van der Waals surface area contributed by atoms with E-state index in [1.807, 2.05) is 97.1 Å². The number of benzene rings is 5. The van der Waals surface area contributed by atoms with E-state index in [0.29, 0.717) is 30.3 Å². The fourth-order valence-electron chi connectivity index (χ4n) is 3.61. The number of carbonyl (C=O) groups is 1. The standard InChI is InChI=1S/C15H14O2.C11H14.C8H8.C6H6O.CO.CH4/c16-15(17-14-9-5-2-6-10-14)12-11-13-7-3-1-4-8-13;1-9(2)10(3)11-7-5-4-6-8-11;1-2-8-6-4-3-5-7-8;7-6-4-2-1-3-5-6;1-2;/h1-10H,11-12H2;4-8,10H,1H2,2-3H3;2-7H,1H2;1-5,7H;;1H4. The van der Waals surface area contributed by atoms with Crippen LogP contribution in [-0.4, -0.2) is 11.1 Å². The van der Waals surface area contributed by atoms with E-state index >= 15 is 0 Å². The number of ether oxygens (including phenoxy) is 1. The van der Waals surface area contributed by atoms with Gasteiger partial charge in [-0.2, -0.15) is 0 Å². The molecule has 0 aliphatic carbocycles. The molecular weight excluding hydrogens is 568 g/mol. The van der Waals surface area contributed by atoms with Gasteiger partial charge in [-0.3, -0.25) is 4.79 Å². The normalized spacial score (nSPS) is 9.48. The van der Waals surface area contributed by atoms with Crippen LogP contribution in [0.2, 0.25) is 0 Å². The van der Waals surface area contributed by atoms with Gasteiger partial charge in [0.25, 0.3) is 0 Å². The van der Waals surface area contributed by atoms with Crippen molar-refractivity contribution in [2.24, 2.45) is 0 Å². The van der Waals surface area contributed by atoms with Crippen LogP contribution in [-0.2, 0) is 15.9 Å². The molecule has 0 aliphatic rings. The molecular formula is C42H46O4. The molecule has 1 unspecified atom stereocenters. The van der Waals surface area contributed by atoms with Crippen molar-refractivity contribution < 1.29 is 19.3 Å².